The Morgan fingerprint density at radius 3 is 2.69 bits per heavy atom. The van der Waals surface area contributed by atoms with Crippen LogP contribution < -0.4 is 10.2 Å². The summed E-state index contributed by atoms with van der Waals surface area (Å²) in [6.45, 7) is 7.67. The van der Waals surface area contributed by atoms with Crippen LogP contribution in [0.3, 0.4) is 0 Å². The average molecular weight is 455 g/mol. The number of benzene rings is 2. The van der Waals surface area contributed by atoms with E-state index in [4.69, 9.17) is 21.3 Å². The molecular weight excluding hydrogens is 424 g/mol. The van der Waals surface area contributed by atoms with Gasteiger partial charge in [-0.25, -0.2) is 9.78 Å². The van der Waals surface area contributed by atoms with E-state index in [1.807, 2.05) is 57.2 Å². The van der Waals surface area contributed by atoms with Crippen LogP contribution in [0.1, 0.15) is 45.6 Å². The molecular formula is C25H31ClN4O2. The topological polar surface area (TPSA) is 59.4 Å². The molecule has 6 nitrogen and oxygen atoms in total. The molecule has 1 aliphatic heterocycles. The van der Waals surface area contributed by atoms with E-state index in [0.29, 0.717) is 13.1 Å². The number of alkyl carbamates (subject to hydrolysis) is 1. The Bertz CT molecular complexity index is 1090. The van der Waals surface area contributed by atoms with E-state index in [1.54, 1.807) is 0 Å². The maximum absolute atomic E-state index is 12.2. The van der Waals surface area contributed by atoms with Gasteiger partial charge in [0.25, 0.3) is 0 Å². The molecule has 1 fully saturated rings. The number of carbonyl (C=O) groups excluding carboxylic acids is 1. The molecule has 0 radical (unpaired) electrons. The quantitative estimate of drug-likeness (QED) is 0.543. The first-order valence-corrected chi connectivity index (χ1v) is 11.6. The molecule has 170 valence electrons. The third kappa shape index (κ3) is 5.18. The standard InChI is InChI=1S/C25H31ClN4O2/c1-25(2,3)32-24(31)27-16-19-11-8-9-15-29(19)23-28-21-13-6-7-14-22(21)30(23)17-18-10-4-5-12-20(18)26/h4-7,10,12-14,19H,8-9,11,15-17H2,1-3H3,(H,27,31)/t19-/m1/s1. The summed E-state index contributed by atoms with van der Waals surface area (Å²) in [6, 6.07) is 16.3. The fourth-order valence-electron chi connectivity index (χ4n) is 4.23. The highest BCUT2D eigenvalue weighted by atomic mass is 35.5. The highest BCUT2D eigenvalue weighted by molar-refractivity contribution is 6.31. The third-order valence-electron chi connectivity index (χ3n) is 5.69. The van der Waals surface area contributed by atoms with Gasteiger partial charge in [0.15, 0.2) is 0 Å². The Balaban J connectivity index is 1.63. The molecule has 2 aromatic carbocycles. The summed E-state index contributed by atoms with van der Waals surface area (Å²) >= 11 is 6.49. The van der Waals surface area contributed by atoms with Gasteiger partial charge in [-0.15, -0.1) is 0 Å². The van der Waals surface area contributed by atoms with Crippen molar-refractivity contribution in [2.24, 2.45) is 0 Å². The monoisotopic (exact) mass is 454 g/mol. The van der Waals surface area contributed by atoms with Gasteiger partial charge in [-0.2, -0.15) is 0 Å². The van der Waals surface area contributed by atoms with Crippen molar-refractivity contribution in [3.05, 3.63) is 59.1 Å². The first kappa shape index (κ1) is 22.5. The van der Waals surface area contributed by atoms with Crippen LogP contribution in [0, 0.1) is 0 Å². The molecule has 2 heterocycles. The minimum Gasteiger partial charge on any atom is -0.444 e. The van der Waals surface area contributed by atoms with Crippen molar-refractivity contribution >= 4 is 34.7 Å². The summed E-state index contributed by atoms with van der Waals surface area (Å²) in [6.07, 6.45) is 2.83. The van der Waals surface area contributed by atoms with E-state index in [1.165, 1.54) is 0 Å². The molecule has 1 aliphatic rings. The first-order chi connectivity index (χ1) is 15.3. The number of halogens is 1. The van der Waals surface area contributed by atoms with Gasteiger partial charge < -0.3 is 19.5 Å². The lowest BCUT2D eigenvalue weighted by atomic mass is 10.0. The molecule has 0 aliphatic carbocycles. The van der Waals surface area contributed by atoms with Crippen LogP contribution in [-0.2, 0) is 11.3 Å². The number of fused-ring (bicyclic) bond motifs is 1. The Labute approximate surface area is 194 Å². The smallest absolute Gasteiger partial charge is 0.407 e. The van der Waals surface area contributed by atoms with Crippen molar-refractivity contribution in [3.8, 4) is 0 Å². The Morgan fingerprint density at radius 1 is 1.16 bits per heavy atom. The zero-order valence-corrected chi connectivity index (χ0v) is 19.7. The van der Waals surface area contributed by atoms with Crippen LogP contribution in [0.25, 0.3) is 11.0 Å². The molecule has 4 rings (SSSR count). The molecule has 1 aromatic heterocycles. The van der Waals surface area contributed by atoms with Gasteiger partial charge in [-0.1, -0.05) is 41.9 Å². The molecule has 32 heavy (non-hydrogen) atoms. The second-order valence-electron chi connectivity index (χ2n) is 9.30. The number of para-hydroxylation sites is 2. The molecule has 1 atom stereocenters. The minimum atomic E-state index is -0.515. The number of piperidine rings is 1. The molecule has 0 spiro atoms. The van der Waals surface area contributed by atoms with E-state index < -0.39 is 5.60 Å². The van der Waals surface area contributed by atoms with Gasteiger partial charge in [0.2, 0.25) is 5.95 Å². The Hall–Kier alpha value is -2.73. The maximum atomic E-state index is 12.2. The van der Waals surface area contributed by atoms with Crippen LogP contribution in [0.5, 0.6) is 0 Å². The summed E-state index contributed by atoms with van der Waals surface area (Å²) in [5, 5.41) is 3.71. The highest BCUT2D eigenvalue weighted by Crippen LogP contribution is 2.30. The molecule has 1 amide bonds. The van der Waals surface area contributed by atoms with Crippen molar-refractivity contribution in [1.82, 2.24) is 14.9 Å². The third-order valence-corrected chi connectivity index (χ3v) is 6.05. The number of ether oxygens (including phenoxy) is 1. The molecule has 0 bridgehead atoms. The van der Waals surface area contributed by atoms with Gasteiger partial charge in [0, 0.05) is 24.2 Å². The lowest BCUT2D eigenvalue weighted by molar-refractivity contribution is 0.0522. The number of hydrogen-bond donors (Lipinski definition) is 1. The van der Waals surface area contributed by atoms with Crippen molar-refractivity contribution < 1.29 is 9.53 Å². The lowest BCUT2D eigenvalue weighted by Crippen LogP contribution is -2.48. The summed E-state index contributed by atoms with van der Waals surface area (Å²) < 4.78 is 7.67. The van der Waals surface area contributed by atoms with Gasteiger partial charge >= 0.3 is 6.09 Å². The number of rotatable bonds is 5. The largest absolute Gasteiger partial charge is 0.444 e. The van der Waals surface area contributed by atoms with Crippen molar-refractivity contribution in [3.63, 3.8) is 0 Å². The SMILES string of the molecule is CC(C)(C)OC(=O)NC[C@H]1CCCCN1c1nc2ccccc2n1Cc1ccccc1Cl. The van der Waals surface area contributed by atoms with Crippen molar-refractivity contribution in [2.75, 3.05) is 18.0 Å². The molecule has 0 unspecified atom stereocenters. The number of nitrogens with zero attached hydrogens (tertiary/aromatic N) is 3. The van der Waals surface area contributed by atoms with Crippen LogP contribution in [0.4, 0.5) is 10.7 Å². The average Bonchev–Trinajstić information content (AvgIpc) is 3.11. The summed E-state index contributed by atoms with van der Waals surface area (Å²) in [4.78, 5) is 19.6. The van der Waals surface area contributed by atoms with E-state index in [9.17, 15) is 4.79 Å². The molecule has 0 saturated carbocycles. The summed E-state index contributed by atoms with van der Waals surface area (Å²) in [5.74, 6) is 0.918. The second kappa shape index (κ2) is 9.41. The number of anilines is 1. The normalized spacial score (nSPS) is 16.9. The lowest BCUT2D eigenvalue weighted by Gasteiger charge is -2.37. The van der Waals surface area contributed by atoms with E-state index >= 15 is 0 Å². The van der Waals surface area contributed by atoms with Crippen molar-refractivity contribution in [2.45, 2.75) is 58.2 Å². The summed E-state index contributed by atoms with van der Waals surface area (Å²) in [7, 11) is 0. The van der Waals surface area contributed by atoms with Crippen molar-refractivity contribution in [1.29, 1.82) is 0 Å². The fraction of sp³-hybridized carbons (Fsp3) is 0.440. The zero-order valence-electron chi connectivity index (χ0n) is 19.0. The molecule has 3 aromatic rings. The van der Waals surface area contributed by atoms with Gasteiger partial charge in [0.05, 0.1) is 17.6 Å². The van der Waals surface area contributed by atoms with Gasteiger partial charge in [0.1, 0.15) is 5.60 Å². The number of amides is 1. The second-order valence-corrected chi connectivity index (χ2v) is 9.71. The minimum absolute atomic E-state index is 0.151. The van der Waals surface area contributed by atoms with Crippen LogP contribution in [-0.4, -0.2) is 40.4 Å². The number of nitrogens with one attached hydrogen (secondary N) is 1. The number of carbonyl (C=O) groups is 1. The van der Waals surface area contributed by atoms with E-state index in [-0.39, 0.29) is 12.1 Å². The molecule has 1 saturated heterocycles. The van der Waals surface area contributed by atoms with Crippen LogP contribution in [0.2, 0.25) is 5.02 Å². The maximum Gasteiger partial charge on any atom is 0.407 e. The Kier molecular flexibility index (Phi) is 6.60. The van der Waals surface area contributed by atoms with E-state index in [0.717, 1.165) is 53.4 Å². The number of aromatic nitrogens is 2. The first-order valence-electron chi connectivity index (χ1n) is 11.2. The predicted octanol–water partition coefficient (Wildman–Crippen LogP) is 5.62. The molecule has 7 heteroatoms. The summed E-state index contributed by atoms with van der Waals surface area (Å²) in [5.41, 5.74) is 2.57. The van der Waals surface area contributed by atoms with Gasteiger partial charge in [-0.05, 0) is 63.8 Å². The number of imidazole rings is 1. The molecule has 1 N–H and O–H groups in total. The Morgan fingerprint density at radius 2 is 1.91 bits per heavy atom. The van der Waals surface area contributed by atoms with Crippen LogP contribution in [0.15, 0.2) is 48.5 Å². The predicted molar refractivity (Wildman–Crippen MR) is 130 cm³/mol. The zero-order chi connectivity index (χ0) is 22.7. The number of hydrogen-bond acceptors (Lipinski definition) is 4. The van der Waals surface area contributed by atoms with Gasteiger partial charge in [-0.3, -0.25) is 0 Å². The van der Waals surface area contributed by atoms with E-state index in [2.05, 4.69) is 26.9 Å². The highest BCUT2D eigenvalue weighted by Gasteiger charge is 2.28. The fourth-order valence-corrected chi connectivity index (χ4v) is 4.42. The van der Waals surface area contributed by atoms with Crippen LogP contribution >= 0.6 is 11.6 Å².